The summed E-state index contributed by atoms with van der Waals surface area (Å²) in [6, 6.07) is 4.70. The number of rotatable bonds is 6. The monoisotopic (exact) mass is 330 g/mol. The molecule has 2 aromatic rings. The number of fused-ring (bicyclic) bond motifs is 1. The van der Waals surface area contributed by atoms with E-state index >= 15 is 0 Å². The quantitative estimate of drug-likeness (QED) is 0.610. The number of ether oxygens (including phenoxy) is 1. The molecule has 0 spiro atoms. The van der Waals surface area contributed by atoms with Crippen LogP contribution >= 0.6 is 0 Å². The molecule has 0 aliphatic heterocycles. The molecular formula is C19H22O5. The minimum Gasteiger partial charge on any atom is -0.504 e. The van der Waals surface area contributed by atoms with Crippen LogP contribution in [0.5, 0.6) is 17.2 Å². The summed E-state index contributed by atoms with van der Waals surface area (Å²) in [5, 5.41) is 19.4. The fourth-order valence-corrected chi connectivity index (χ4v) is 2.22. The van der Waals surface area contributed by atoms with Crippen LogP contribution < -0.4 is 10.4 Å². The minimum atomic E-state index is -0.979. The van der Waals surface area contributed by atoms with Gasteiger partial charge in [-0.3, -0.25) is 0 Å². The fraction of sp³-hybridized carbons (Fsp3) is 0.316. The van der Waals surface area contributed by atoms with Crippen LogP contribution in [0.15, 0.2) is 50.7 Å². The molecule has 24 heavy (non-hydrogen) atoms. The lowest BCUT2D eigenvalue weighted by atomic mass is 10.1. The minimum absolute atomic E-state index is 0.164. The van der Waals surface area contributed by atoms with Crippen molar-refractivity contribution in [3.63, 3.8) is 0 Å². The van der Waals surface area contributed by atoms with Gasteiger partial charge in [-0.2, -0.15) is 0 Å². The normalized spacial score (nSPS) is 11.5. The summed E-state index contributed by atoms with van der Waals surface area (Å²) in [7, 11) is 0. The summed E-state index contributed by atoms with van der Waals surface area (Å²) < 4.78 is 10.6. The Hall–Kier alpha value is -2.69. The zero-order valence-corrected chi connectivity index (χ0v) is 14.1. The highest BCUT2D eigenvalue weighted by atomic mass is 16.5. The summed E-state index contributed by atoms with van der Waals surface area (Å²) in [5.74, 6) is -0.752. The summed E-state index contributed by atoms with van der Waals surface area (Å²) in [4.78, 5) is 11.4. The molecule has 0 fully saturated rings. The van der Waals surface area contributed by atoms with Gasteiger partial charge in [-0.15, -0.1) is 0 Å². The lowest BCUT2D eigenvalue weighted by Crippen LogP contribution is -1.99. The van der Waals surface area contributed by atoms with Crippen molar-refractivity contribution in [1.82, 2.24) is 0 Å². The van der Waals surface area contributed by atoms with Crippen molar-refractivity contribution in [2.24, 2.45) is 0 Å². The van der Waals surface area contributed by atoms with Gasteiger partial charge in [0.25, 0.3) is 0 Å². The molecule has 5 nitrogen and oxygen atoms in total. The van der Waals surface area contributed by atoms with E-state index in [9.17, 15) is 15.0 Å². The third-order valence-electron chi connectivity index (χ3n) is 3.60. The molecule has 0 aliphatic carbocycles. The van der Waals surface area contributed by atoms with E-state index in [0.717, 1.165) is 12.8 Å². The highest BCUT2D eigenvalue weighted by Crippen LogP contribution is 2.32. The van der Waals surface area contributed by atoms with E-state index in [1.165, 1.54) is 23.3 Å². The number of hydrogen-bond acceptors (Lipinski definition) is 5. The Morgan fingerprint density at radius 1 is 1.17 bits per heavy atom. The third-order valence-corrected chi connectivity index (χ3v) is 3.60. The highest BCUT2D eigenvalue weighted by molar-refractivity contribution is 5.86. The van der Waals surface area contributed by atoms with E-state index in [1.54, 1.807) is 6.07 Å². The third kappa shape index (κ3) is 4.41. The van der Waals surface area contributed by atoms with Crippen LogP contribution in [0.25, 0.3) is 11.0 Å². The summed E-state index contributed by atoms with van der Waals surface area (Å²) in [5.41, 5.74) is 1.73. The molecule has 0 saturated heterocycles. The van der Waals surface area contributed by atoms with Gasteiger partial charge in [0.05, 0.1) is 5.39 Å². The van der Waals surface area contributed by atoms with E-state index in [4.69, 9.17) is 9.15 Å². The van der Waals surface area contributed by atoms with Crippen molar-refractivity contribution in [2.45, 2.75) is 33.6 Å². The van der Waals surface area contributed by atoms with Crippen molar-refractivity contribution in [2.75, 3.05) is 6.61 Å². The molecule has 1 aromatic heterocycles. The molecule has 0 amide bonds. The van der Waals surface area contributed by atoms with E-state index < -0.39 is 17.1 Å². The number of allylic oxidation sites excluding steroid dienone is 3. The van der Waals surface area contributed by atoms with Gasteiger partial charge in [0.1, 0.15) is 17.9 Å². The van der Waals surface area contributed by atoms with Crippen LogP contribution in [0, 0.1) is 0 Å². The first-order chi connectivity index (χ1) is 11.4. The van der Waals surface area contributed by atoms with Crippen molar-refractivity contribution in [3.05, 3.63) is 51.9 Å². The SMILES string of the molecule is CC(C)=CCCC(C)=CCOc1ccc2c(O)c(O)c(=O)oc2c1. The Bertz CT molecular complexity index is 839. The molecule has 128 valence electrons. The van der Waals surface area contributed by atoms with Crippen LogP contribution in [0.2, 0.25) is 0 Å². The van der Waals surface area contributed by atoms with Crippen LogP contribution in [-0.4, -0.2) is 16.8 Å². The van der Waals surface area contributed by atoms with Crippen LogP contribution in [0.4, 0.5) is 0 Å². The molecule has 1 heterocycles. The maximum atomic E-state index is 11.4. The molecule has 0 unspecified atom stereocenters. The average Bonchev–Trinajstić information content (AvgIpc) is 2.52. The maximum absolute atomic E-state index is 11.4. The number of hydrogen-bond donors (Lipinski definition) is 2. The van der Waals surface area contributed by atoms with Gasteiger partial charge in [0, 0.05) is 6.07 Å². The Morgan fingerprint density at radius 3 is 2.62 bits per heavy atom. The molecule has 0 aliphatic rings. The molecule has 0 atom stereocenters. The molecule has 1 aromatic carbocycles. The van der Waals surface area contributed by atoms with Gasteiger partial charge < -0.3 is 19.4 Å². The topological polar surface area (TPSA) is 79.9 Å². The summed E-state index contributed by atoms with van der Waals surface area (Å²) in [6.45, 7) is 6.62. The van der Waals surface area contributed by atoms with Crippen molar-refractivity contribution >= 4 is 11.0 Å². The molecule has 0 bridgehead atoms. The smallest absolute Gasteiger partial charge is 0.382 e. The van der Waals surface area contributed by atoms with Crippen LogP contribution in [-0.2, 0) is 0 Å². The standard InChI is InChI=1S/C19H22O5/c1-12(2)5-4-6-13(3)9-10-23-14-7-8-15-16(11-14)24-19(22)18(21)17(15)20/h5,7-9,11,20-21H,4,6,10H2,1-3H3. The largest absolute Gasteiger partial charge is 0.504 e. The molecular weight excluding hydrogens is 308 g/mol. The fourth-order valence-electron chi connectivity index (χ4n) is 2.22. The van der Waals surface area contributed by atoms with Crippen LogP contribution in [0.3, 0.4) is 0 Å². The zero-order valence-electron chi connectivity index (χ0n) is 14.1. The van der Waals surface area contributed by atoms with Crippen molar-refractivity contribution in [3.8, 4) is 17.2 Å². The summed E-state index contributed by atoms with van der Waals surface area (Å²) in [6.07, 6.45) is 6.20. The first kappa shape index (κ1) is 17.7. The van der Waals surface area contributed by atoms with Gasteiger partial charge in [-0.1, -0.05) is 17.2 Å². The van der Waals surface area contributed by atoms with Crippen molar-refractivity contribution < 1.29 is 19.4 Å². The van der Waals surface area contributed by atoms with Gasteiger partial charge in [0.15, 0.2) is 5.75 Å². The van der Waals surface area contributed by atoms with E-state index in [-0.39, 0.29) is 11.0 Å². The predicted octanol–water partition coefficient (Wildman–Crippen LogP) is 4.28. The lowest BCUT2D eigenvalue weighted by Gasteiger charge is -2.06. The summed E-state index contributed by atoms with van der Waals surface area (Å²) >= 11 is 0. The van der Waals surface area contributed by atoms with Gasteiger partial charge in [0.2, 0.25) is 5.75 Å². The zero-order chi connectivity index (χ0) is 17.7. The Labute approximate surface area is 140 Å². The molecule has 0 radical (unpaired) electrons. The second-order valence-electron chi connectivity index (χ2n) is 5.93. The maximum Gasteiger partial charge on any atom is 0.382 e. The van der Waals surface area contributed by atoms with Gasteiger partial charge in [-0.25, -0.2) is 4.79 Å². The number of aromatic hydroxyl groups is 2. The Kier molecular flexibility index (Phi) is 5.68. The van der Waals surface area contributed by atoms with E-state index in [0.29, 0.717) is 12.4 Å². The first-order valence-corrected chi connectivity index (χ1v) is 7.79. The van der Waals surface area contributed by atoms with Crippen molar-refractivity contribution in [1.29, 1.82) is 0 Å². The average molecular weight is 330 g/mol. The molecule has 5 heteroatoms. The predicted molar refractivity (Wildman–Crippen MR) is 93.7 cm³/mol. The second kappa shape index (κ2) is 7.73. The molecule has 2 N–H and O–H groups in total. The highest BCUT2D eigenvalue weighted by Gasteiger charge is 2.13. The Morgan fingerprint density at radius 2 is 1.92 bits per heavy atom. The Balaban J connectivity index is 2.04. The van der Waals surface area contributed by atoms with E-state index in [1.807, 2.05) is 6.08 Å². The first-order valence-electron chi connectivity index (χ1n) is 7.79. The van der Waals surface area contributed by atoms with Gasteiger partial charge in [-0.05, 0) is 51.8 Å². The second-order valence-corrected chi connectivity index (χ2v) is 5.93. The van der Waals surface area contributed by atoms with E-state index in [2.05, 4.69) is 26.8 Å². The lowest BCUT2D eigenvalue weighted by molar-refractivity contribution is 0.359. The molecule has 0 saturated carbocycles. The molecule has 2 rings (SSSR count). The van der Waals surface area contributed by atoms with Gasteiger partial charge >= 0.3 is 5.63 Å². The number of benzene rings is 1. The van der Waals surface area contributed by atoms with Crippen LogP contribution in [0.1, 0.15) is 33.6 Å².